The Morgan fingerprint density at radius 1 is 1.06 bits per heavy atom. The first-order chi connectivity index (χ1) is 15.2. The maximum Gasteiger partial charge on any atom is 0.243 e. The lowest BCUT2D eigenvalue weighted by atomic mass is 10.0. The zero-order chi connectivity index (χ0) is 23.3. The van der Waals surface area contributed by atoms with Crippen LogP contribution in [-0.2, 0) is 23.2 Å². The van der Waals surface area contributed by atoms with Gasteiger partial charge < -0.3 is 4.74 Å². The fourth-order valence-corrected chi connectivity index (χ4v) is 5.78. The van der Waals surface area contributed by atoms with Crippen LogP contribution in [0, 0.1) is 6.92 Å². The standard InChI is InChI=1S/C25H32N2O3S2/c1-6-20(5)27(32(28,29)22-13-11-19(4)12-14-22)15-21-17-31-25(26-21)16-30-24-10-8-7-9-23(24)18(2)3/h7-14,17-18,20H,6,15-16H2,1-5H3. The van der Waals surface area contributed by atoms with Gasteiger partial charge in [0.05, 0.1) is 17.1 Å². The molecule has 32 heavy (non-hydrogen) atoms. The van der Waals surface area contributed by atoms with Gasteiger partial charge in [0.1, 0.15) is 17.4 Å². The number of aromatic nitrogens is 1. The van der Waals surface area contributed by atoms with Crippen molar-refractivity contribution >= 4 is 21.4 Å². The number of sulfonamides is 1. The van der Waals surface area contributed by atoms with Crippen molar-refractivity contribution in [2.75, 3.05) is 0 Å². The first kappa shape index (κ1) is 24.4. The van der Waals surface area contributed by atoms with Gasteiger partial charge >= 0.3 is 0 Å². The van der Waals surface area contributed by atoms with E-state index in [1.807, 2.05) is 56.5 Å². The van der Waals surface area contributed by atoms with Gasteiger partial charge in [-0.05, 0) is 49.9 Å². The minimum Gasteiger partial charge on any atom is -0.486 e. The molecule has 0 bridgehead atoms. The van der Waals surface area contributed by atoms with Crippen LogP contribution in [-0.4, -0.2) is 23.7 Å². The minimum absolute atomic E-state index is 0.138. The monoisotopic (exact) mass is 472 g/mol. The van der Waals surface area contributed by atoms with Gasteiger partial charge in [-0.15, -0.1) is 11.3 Å². The van der Waals surface area contributed by atoms with Crippen molar-refractivity contribution in [1.29, 1.82) is 0 Å². The molecule has 0 amide bonds. The van der Waals surface area contributed by atoms with E-state index in [1.165, 1.54) is 11.3 Å². The summed E-state index contributed by atoms with van der Waals surface area (Å²) in [5, 5.41) is 2.75. The Labute approximate surface area is 196 Å². The average Bonchev–Trinajstić information content (AvgIpc) is 3.23. The molecule has 0 saturated heterocycles. The number of para-hydroxylation sites is 1. The third kappa shape index (κ3) is 5.77. The number of aryl methyl sites for hydroxylation is 1. The van der Waals surface area contributed by atoms with Gasteiger partial charge in [0.25, 0.3) is 0 Å². The molecule has 1 aromatic heterocycles. The zero-order valence-corrected chi connectivity index (χ0v) is 21.0. The summed E-state index contributed by atoms with van der Waals surface area (Å²) in [6, 6.07) is 14.9. The Bertz CT molecular complexity index is 1120. The van der Waals surface area contributed by atoms with Crippen molar-refractivity contribution < 1.29 is 13.2 Å². The van der Waals surface area contributed by atoms with Gasteiger partial charge in [0, 0.05) is 11.4 Å². The van der Waals surface area contributed by atoms with Crippen LogP contribution in [0.1, 0.15) is 61.9 Å². The highest BCUT2D eigenvalue weighted by Gasteiger charge is 2.29. The van der Waals surface area contributed by atoms with E-state index in [0.29, 0.717) is 17.4 Å². The van der Waals surface area contributed by atoms with E-state index in [0.717, 1.165) is 34.0 Å². The highest BCUT2D eigenvalue weighted by Crippen LogP contribution is 2.28. The summed E-state index contributed by atoms with van der Waals surface area (Å²) in [5.74, 6) is 1.23. The minimum atomic E-state index is -3.62. The van der Waals surface area contributed by atoms with Crippen molar-refractivity contribution in [3.8, 4) is 5.75 Å². The second kappa shape index (κ2) is 10.6. The van der Waals surface area contributed by atoms with Crippen LogP contribution in [0.25, 0.3) is 0 Å². The Kier molecular flexibility index (Phi) is 8.09. The molecule has 0 aliphatic heterocycles. The Hall–Kier alpha value is -2.22. The number of benzene rings is 2. The Balaban J connectivity index is 1.76. The lowest BCUT2D eigenvalue weighted by molar-refractivity contribution is 0.299. The molecule has 5 nitrogen and oxygen atoms in total. The summed E-state index contributed by atoms with van der Waals surface area (Å²) in [5.41, 5.74) is 2.93. The molecule has 1 atom stereocenters. The predicted molar refractivity (Wildman–Crippen MR) is 131 cm³/mol. The Morgan fingerprint density at radius 3 is 2.41 bits per heavy atom. The SMILES string of the molecule is CCC(C)N(Cc1csc(COc2ccccc2C(C)C)n1)S(=O)(=O)c1ccc(C)cc1. The van der Waals surface area contributed by atoms with Crippen LogP contribution in [0.5, 0.6) is 5.75 Å². The van der Waals surface area contributed by atoms with Crippen molar-refractivity contribution in [2.24, 2.45) is 0 Å². The third-order valence-corrected chi connectivity index (χ3v) is 8.36. The molecule has 0 radical (unpaired) electrons. The molecule has 1 unspecified atom stereocenters. The first-order valence-corrected chi connectivity index (χ1v) is 13.3. The summed E-state index contributed by atoms with van der Waals surface area (Å²) in [7, 11) is -3.62. The van der Waals surface area contributed by atoms with Crippen molar-refractivity contribution in [3.05, 3.63) is 75.7 Å². The molecule has 3 aromatic rings. The van der Waals surface area contributed by atoms with Crippen LogP contribution in [0.3, 0.4) is 0 Å². The van der Waals surface area contributed by atoms with E-state index in [4.69, 9.17) is 4.74 Å². The molecule has 0 aliphatic carbocycles. The molecular formula is C25H32N2O3S2. The van der Waals surface area contributed by atoms with E-state index >= 15 is 0 Å². The zero-order valence-electron chi connectivity index (χ0n) is 19.4. The molecule has 0 spiro atoms. The lowest BCUT2D eigenvalue weighted by Crippen LogP contribution is -2.37. The summed E-state index contributed by atoms with van der Waals surface area (Å²) < 4.78 is 34.3. The van der Waals surface area contributed by atoms with Crippen LogP contribution in [0.15, 0.2) is 58.8 Å². The second-order valence-electron chi connectivity index (χ2n) is 8.33. The highest BCUT2D eigenvalue weighted by molar-refractivity contribution is 7.89. The summed E-state index contributed by atoms with van der Waals surface area (Å²) in [6.07, 6.45) is 0.719. The van der Waals surface area contributed by atoms with Gasteiger partial charge in [-0.3, -0.25) is 0 Å². The van der Waals surface area contributed by atoms with E-state index in [2.05, 4.69) is 24.9 Å². The molecule has 3 rings (SSSR count). The normalized spacial score (nSPS) is 13.0. The topological polar surface area (TPSA) is 59.5 Å². The predicted octanol–water partition coefficient (Wildman–Crippen LogP) is 6.14. The van der Waals surface area contributed by atoms with Crippen molar-refractivity contribution in [2.45, 2.75) is 71.0 Å². The molecule has 0 saturated carbocycles. The molecular weight excluding hydrogens is 440 g/mol. The molecule has 1 heterocycles. The highest BCUT2D eigenvalue weighted by atomic mass is 32.2. The number of hydrogen-bond donors (Lipinski definition) is 0. The molecule has 172 valence electrons. The molecule has 7 heteroatoms. The maximum atomic E-state index is 13.3. The van der Waals surface area contributed by atoms with E-state index < -0.39 is 10.0 Å². The van der Waals surface area contributed by atoms with E-state index in [1.54, 1.807) is 16.4 Å². The molecule has 0 N–H and O–H groups in total. The first-order valence-electron chi connectivity index (χ1n) is 11.0. The van der Waals surface area contributed by atoms with Crippen LogP contribution >= 0.6 is 11.3 Å². The van der Waals surface area contributed by atoms with Gasteiger partial charge in [0.2, 0.25) is 10.0 Å². The third-order valence-electron chi connectivity index (χ3n) is 5.52. The van der Waals surface area contributed by atoms with Crippen LogP contribution < -0.4 is 4.74 Å². The number of thiazole rings is 1. The summed E-state index contributed by atoms with van der Waals surface area (Å²) in [4.78, 5) is 4.98. The lowest BCUT2D eigenvalue weighted by Gasteiger charge is -2.27. The van der Waals surface area contributed by atoms with Crippen molar-refractivity contribution in [1.82, 2.24) is 9.29 Å². The largest absolute Gasteiger partial charge is 0.486 e. The summed E-state index contributed by atoms with van der Waals surface area (Å²) >= 11 is 1.50. The van der Waals surface area contributed by atoms with Gasteiger partial charge in [-0.25, -0.2) is 13.4 Å². The number of nitrogens with zero attached hydrogens (tertiary/aromatic N) is 2. The van der Waals surface area contributed by atoms with E-state index in [-0.39, 0.29) is 12.6 Å². The smallest absolute Gasteiger partial charge is 0.243 e. The molecule has 0 fully saturated rings. The van der Waals surface area contributed by atoms with Crippen molar-refractivity contribution in [3.63, 3.8) is 0 Å². The number of rotatable bonds is 10. The van der Waals surface area contributed by atoms with Gasteiger partial charge in [0.15, 0.2) is 0 Å². The maximum absolute atomic E-state index is 13.3. The number of ether oxygens (including phenoxy) is 1. The summed E-state index contributed by atoms with van der Waals surface area (Å²) in [6.45, 7) is 10.8. The van der Waals surface area contributed by atoms with Crippen LogP contribution in [0.2, 0.25) is 0 Å². The average molecular weight is 473 g/mol. The quantitative estimate of drug-likeness (QED) is 0.355. The molecule has 0 aliphatic rings. The number of hydrogen-bond acceptors (Lipinski definition) is 5. The van der Waals surface area contributed by atoms with Gasteiger partial charge in [-0.2, -0.15) is 4.31 Å². The second-order valence-corrected chi connectivity index (χ2v) is 11.2. The van der Waals surface area contributed by atoms with Crippen LogP contribution in [0.4, 0.5) is 0 Å². The van der Waals surface area contributed by atoms with E-state index in [9.17, 15) is 8.42 Å². The molecule has 2 aromatic carbocycles. The fraction of sp³-hybridized carbons (Fsp3) is 0.400. The fourth-order valence-electron chi connectivity index (χ4n) is 3.40. The Morgan fingerprint density at radius 2 is 1.75 bits per heavy atom. The van der Waals surface area contributed by atoms with Gasteiger partial charge in [-0.1, -0.05) is 56.7 Å².